The molecule has 2 aliphatic rings. The van der Waals surface area contributed by atoms with E-state index in [2.05, 4.69) is 12.2 Å². The van der Waals surface area contributed by atoms with Crippen molar-refractivity contribution in [3.8, 4) is 0 Å². The molecule has 0 aromatic heterocycles. The van der Waals surface area contributed by atoms with Crippen LogP contribution in [0.3, 0.4) is 0 Å². The summed E-state index contributed by atoms with van der Waals surface area (Å²) < 4.78 is 5.04. The van der Waals surface area contributed by atoms with Gasteiger partial charge < -0.3 is 10.1 Å². The monoisotopic (exact) mass is 169 g/mol. The Morgan fingerprint density at radius 1 is 1.58 bits per heavy atom. The van der Waals surface area contributed by atoms with E-state index in [-0.39, 0.29) is 11.4 Å². The van der Waals surface area contributed by atoms with Crippen molar-refractivity contribution in [2.45, 2.75) is 32.2 Å². The first kappa shape index (κ1) is 8.05. The Morgan fingerprint density at radius 2 is 2.42 bits per heavy atom. The van der Waals surface area contributed by atoms with Gasteiger partial charge in [0, 0.05) is 6.04 Å². The Morgan fingerprint density at radius 3 is 3.00 bits per heavy atom. The number of carbonyl (C=O) groups is 1. The van der Waals surface area contributed by atoms with E-state index in [9.17, 15) is 4.79 Å². The third-order valence-electron chi connectivity index (χ3n) is 3.27. The molecule has 0 aromatic rings. The number of esters is 1. The second-order valence-corrected chi connectivity index (χ2v) is 3.82. The van der Waals surface area contributed by atoms with Gasteiger partial charge in [0.25, 0.3) is 0 Å². The van der Waals surface area contributed by atoms with Gasteiger partial charge in [-0.15, -0.1) is 0 Å². The van der Waals surface area contributed by atoms with Gasteiger partial charge >= 0.3 is 5.97 Å². The standard InChI is InChI=1S/C9H15NO2/c1-7-9(3-2-5-10-7)4-6-12-8(9)11/h7,10H,2-6H2,1H3/t7-,9-/m0/s1. The molecule has 0 unspecified atom stereocenters. The lowest BCUT2D eigenvalue weighted by Gasteiger charge is -2.36. The first-order chi connectivity index (χ1) is 5.76. The van der Waals surface area contributed by atoms with Crippen molar-refractivity contribution in [1.82, 2.24) is 5.32 Å². The van der Waals surface area contributed by atoms with E-state index in [1.807, 2.05) is 0 Å². The van der Waals surface area contributed by atoms with Crippen molar-refractivity contribution >= 4 is 5.97 Å². The fourth-order valence-electron chi connectivity index (χ4n) is 2.33. The summed E-state index contributed by atoms with van der Waals surface area (Å²) in [5, 5.41) is 3.34. The molecule has 0 aromatic carbocycles. The van der Waals surface area contributed by atoms with Crippen molar-refractivity contribution in [2.24, 2.45) is 5.41 Å². The zero-order chi connectivity index (χ0) is 8.60. The number of rotatable bonds is 0. The van der Waals surface area contributed by atoms with Crippen LogP contribution >= 0.6 is 0 Å². The molecular formula is C9H15NO2. The van der Waals surface area contributed by atoms with Gasteiger partial charge in [0.2, 0.25) is 0 Å². The quantitative estimate of drug-likeness (QED) is 0.542. The number of nitrogens with one attached hydrogen (secondary N) is 1. The summed E-state index contributed by atoms with van der Waals surface area (Å²) in [6.07, 6.45) is 3.00. The molecule has 2 heterocycles. The largest absolute Gasteiger partial charge is 0.465 e. The molecule has 2 fully saturated rings. The lowest BCUT2D eigenvalue weighted by Crippen LogP contribution is -2.50. The SMILES string of the molecule is C[C@@H]1NCCC[C@]12CCOC2=O. The van der Waals surface area contributed by atoms with Crippen molar-refractivity contribution < 1.29 is 9.53 Å². The van der Waals surface area contributed by atoms with Crippen LogP contribution in [0.2, 0.25) is 0 Å². The number of piperidine rings is 1. The predicted molar refractivity (Wildman–Crippen MR) is 44.7 cm³/mol. The third-order valence-corrected chi connectivity index (χ3v) is 3.27. The van der Waals surface area contributed by atoms with Crippen LogP contribution in [0, 0.1) is 5.41 Å². The van der Waals surface area contributed by atoms with E-state index in [0.717, 1.165) is 25.8 Å². The molecule has 0 amide bonds. The fourth-order valence-corrected chi connectivity index (χ4v) is 2.33. The number of cyclic esters (lactones) is 1. The molecule has 2 saturated heterocycles. The van der Waals surface area contributed by atoms with Crippen LogP contribution in [-0.4, -0.2) is 25.2 Å². The first-order valence-electron chi connectivity index (χ1n) is 4.66. The molecule has 0 saturated carbocycles. The van der Waals surface area contributed by atoms with Gasteiger partial charge in [-0.05, 0) is 32.7 Å². The van der Waals surface area contributed by atoms with E-state index in [1.54, 1.807) is 0 Å². The van der Waals surface area contributed by atoms with Gasteiger partial charge in [0.1, 0.15) is 0 Å². The van der Waals surface area contributed by atoms with Crippen molar-refractivity contribution in [3.63, 3.8) is 0 Å². The molecule has 12 heavy (non-hydrogen) atoms. The van der Waals surface area contributed by atoms with Gasteiger partial charge in [0.05, 0.1) is 12.0 Å². The first-order valence-corrected chi connectivity index (χ1v) is 4.66. The second-order valence-electron chi connectivity index (χ2n) is 3.82. The van der Waals surface area contributed by atoms with Crippen LogP contribution in [0.5, 0.6) is 0 Å². The average Bonchev–Trinajstić information content (AvgIpc) is 2.41. The topological polar surface area (TPSA) is 38.3 Å². The average molecular weight is 169 g/mol. The lowest BCUT2D eigenvalue weighted by molar-refractivity contribution is -0.148. The van der Waals surface area contributed by atoms with Crippen molar-refractivity contribution in [3.05, 3.63) is 0 Å². The predicted octanol–water partition coefficient (Wildman–Crippen LogP) is 0.692. The van der Waals surface area contributed by atoms with Gasteiger partial charge in [-0.2, -0.15) is 0 Å². The Labute approximate surface area is 72.5 Å². The Kier molecular flexibility index (Phi) is 1.83. The van der Waals surface area contributed by atoms with Gasteiger partial charge in [0.15, 0.2) is 0 Å². The molecule has 3 heteroatoms. The Balaban J connectivity index is 2.21. The molecule has 0 aliphatic carbocycles. The molecule has 2 rings (SSSR count). The maximum Gasteiger partial charge on any atom is 0.313 e. The summed E-state index contributed by atoms with van der Waals surface area (Å²) in [4.78, 5) is 11.5. The summed E-state index contributed by atoms with van der Waals surface area (Å²) in [6, 6.07) is 0.293. The van der Waals surface area contributed by atoms with E-state index in [1.165, 1.54) is 0 Å². The molecule has 1 spiro atoms. The van der Waals surface area contributed by atoms with Crippen LogP contribution in [-0.2, 0) is 9.53 Å². The maximum atomic E-state index is 11.5. The summed E-state index contributed by atoms with van der Waals surface area (Å²) in [6.45, 7) is 3.74. The molecule has 1 N–H and O–H groups in total. The maximum absolute atomic E-state index is 11.5. The second kappa shape index (κ2) is 2.73. The van der Waals surface area contributed by atoms with Gasteiger partial charge in [-0.3, -0.25) is 4.79 Å². The zero-order valence-corrected chi connectivity index (χ0v) is 7.43. The molecule has 68 valence electrons. The van der Waals surface area contributed by atoms with Crippen molar-refractivity contribution in [1.29, 1.82) is 0 Å². The highest BCUT2D eigenvalue weighted by Crippen LogP contribution is 2.40. The highest BCUT2D eigenvalue weighted by atomic mass is 16.5. The smallest absolute Gasteiger partial charge is 0.313 e. The third kappa shape index (κ3) is 0.959. The minimum atomic E-state index is -0.182. The summed E-state index contributed by atoms with van der Waals surface area (Å²) in [5.74, 6) is 0.0159. The van der Waals surface area contributed by atoms with Gasteiger partial charge in [-0.1, -0.05) is 0 Å². The van der Waals surface area contributed by atoms with Crippen LogP contribution in [0.4, 0.5) is 0 Å². The van der Waals surface area contributed by atoms with E-state index in [0.29, 0.717) is 12.6 Å². The highest BCUT2D eigenvalue weighted by Gasteiger charge is 2.49. The Hall–Kier alpha value is -0.570. The van der Waals surface area contributed by atoms with Crippen LogP contribution < -0.4 is 5.32 Å². The normalized spacial score (nSPS) is 41.8. The van der Waals surface area contributed by atoms with E-state index < -0.39 is 0 Å². The number of hydrogen-bond acceptors (Lipinski definition) is 3. The molecule has 0 radical (unpaired) electrons. The van der Waals surface area contributed by atoms with E-state index >= 15 is 0 Å². The minimum Gasteiger partial charge on any atom is -0.465 e. The molecule has 0 bridgehead atoms. The molecule has 3 nitrogen and oxygen atoms in total. The number of ether oxygens (including phenoxy) is 1. The van der Waals surface area contributed by atoms with Gasteiger partial charge in [-0.25, -0.2) is 0 Å². The molecule has 2 aliphatic heterocycles. The minimum absolute atomic E-state index is 0.0159. The summed E-state index contributed by atoms with van der Waals surface area (Å²) in [7, 11) is 0. The van der Waals surface area contributed by atoms with Crippen molar-refractivity contribution in [2.75, 3.05) is 13.2 Å². The van der Waals surface area contributed by atoms with Crippen LogP contribution in [0.15, 0.2) is 0 Å². The zero-order valence-electron chi connectivity index (χ0n) is 7.43. The molecular weight excluding hydrogens is 154 g/mol. The number of carbonyl (C=O) groups excluding carboxylic acids is 1. The highest BCUT2D eigenvalue weighted by molar-refractivity contribution is 5.79. The van der Waals surface area contributed by atoms with Crippen LogP contribution in [0.25, 0.3) is 0 Å². The summed E-state index contributed by atoms with van der Waals surface area (Å²) in [5.41, 5.74) is -0.182. The molecule has 2 atom stereocenters. The Bertz CT molecular complexity index is 205. The number of hydrogen-bond donors (Lipinski definition) is 1. The van der Waals surface area contributed by atoms with Crippen LogP contribution in [0.1, 0.15) is 26.2 Å². The lowest BCUT2D eigenvalue weighted by atomic mass is 9.74. The fraction of sp³-hybridized carbons (Fsp3) is 0.889. The summed E-state index contributed by atoms with van der Waals surface area (Å²) >= 11 is 0. The van der Waals surface area contributed by atoms with E-state index in [4.69, 9.17) is 4.74 Å².